The van der Waals surface area contributed by atoms with E-state index < -0.39 is 0 Å². The Kier molecular flexibility index (Phi) is 32.7. The molecule has 1 rings (SSSR count). The molecule has 1 saturated heterocycles. The SMILES string of the molecule is CCCCCCCCCCCC(=O)OCCOCCOCCOCCOCCOCCOCCOCCOC1CCNCC1. The molecule has 1 fully saturated rings. The normalized spacial score (nSPS) is 13.9. The van der Waals surface area contributed by atoms with Gasteiger partial charge in [0.1, 0.15) is 6.61 Å². The van der Waals surface area contributed by atoms with Gasteiger partial charge >= 0.3 is 5.97 Å². The van der Waals surface area contributed by atoms with Crippen molar-refractivity contribution in [2.75, 3.05) is 119 Å². The van der Waals surface area contributed by atoms with E-state index in [0.717, 1.165) is 38.8 Å². The smallest absolute Gasteiger partial charge is 0.305 e. The zero-order valence-corrected chi connectivity index (χ0v) is 27.9. The third-order valence-electron chi connectivity index (χ3n) is 7.07. The molecule has 1 N–H and O–H groups in total. The van der Waals surface area contributed by atoms with Gasteiger partial charge in [-0.1, -0.05) is 58.3 Å². The lowest BCUT2D eigenvalue weighted by molar-refractivity contribution is -0.145. The van der Waals surface area contributed by atoms with Crippen molar-refractivity contribution in [1.29, 1.82) is 0 Å². The molecule has 11 nitrogen and oxygen atoms in total. The Labute approximate surface area is 267 Å². The molecule has 0 saturated carbocycles. The van der Waals surface area contributed by atoms with Gasteiger partial charge in [-0.05, 0) is 32.4 Å². The summed E-state index contributed by atoms with van der Waals surface area (Å²) in [5, 5.41) is 3.33. The second-order valence-electron chi connectivity index (χ2n) is 10.9. The van der Waals surface area contributed by atoms with Gasteiger partial charge in [-0.25, -0.2) is 0 Å². The van der Waals surface area contributed by atoms with Crippen LogP contribution in [0.25, 0.3) is 0 Å². The van der Waals surface area contributed by atoms with E-state index in [0.29, 0.717) is 118 Å². The molecule has 0 radical (unpaired) electrons. The molecule has 1 heterocycles. The largest absolute Gasteiger partial charge is 0.463 e. The van der Waals surface area contributed by atoms with Crippen molar-refractivity contribution in [2.24, 2.45) is 0 Å². The van der Waals surface area contributed by atoms with Crippen LogP contribution in [-0.4, -0.2) is 131 Å². The molecule has 0 amide bonds. The molecule has 0 aromatic heterocycles. The lowest BCUT2D eigenvalue weighted by Crippen LogP contribution is -2.33. The lowest BCUT2D eigenvalue weighted by atomic mass is 10.1. The van der Waals surface area contributed by atoms with E-state index in [2.05, 4.69) is 12.2 Å². The summed E-state index contributed by atoms with van der Waals surface area (Å²) in [5.41, 5.74) is 0. The quantitative estimate of drug-likeness (QED) is 0.0793. The molecule has 0 unspecified atom stereocenters. The molecular weight excluding hydrogens is 570 g/mol. The predicted octanol–water partition coefficient (Wildman–Crippen LogP) is 4.34. The first-order chi connectivity index (χ1) is 21.8. The fourth-order valence-electron chi connectivity index (χ4n) is 4.52. The molecule has 0 aromatic rings. The molecule has 0 atom stereocenters. The van der Waals surface area contributed by atoms with E-state index in [9.17, 15) is 4.79 Å². The van der Waals surface area contributed by atoms with Crippen molar-refractivity contribution in [1.82, 2.24) is 5.32 Å². The molecule has 0 aliphatic carbocycles. The van der Waals surface area contributed by atoms with Crippen LogP contribution in [0.2, 0.25) is 0 Å². The highest BCUT2D eigenvalue weighted by atomic mass is 16.6. The van der Waals surface area contributed by atoms with Gasteiger partial charge in [-0.15, -0.1) is 0 Å². The van der Waals surface area contributed by atoms with Crippen LogP contribution in [0.4, 0.5) is 0 Å². The molecular formula is C33H65NO10. The number of hydrogen-bond donors (Lipinski definition) is 1. The molecule has 11 heteroatoms. The molecule has 0 spiro atoms. The first kappa shape index (κ1) is 41.1. The zero-order valence-electron chi connectivity index (χ0n) is 27.9. The number of esters is 1. The summed E-state index contributed by atoms with van der Waals surface area (Å²) in [5.74, 6) is -0.131. The summed E-state index contributed by atoms with van der Waals surface area (Å²) >= 11 is 0. The van der Waals surface area contributed by atoms with Gasteiger partial charge in [0.15, 0.2) is 0 Å². The van der Waals surface area contributed by atoms with Gasteiger partial charge in [0, 0.05) is 6.42 Å². The maximum absolute atomic E-state index is 11.8. The number of carbonyl (C=O) groups excluding carboxylic acids is 1. The lowest BCUT2D eigenvalue weighted by Gasteiger charge is -2.22. The predicted molar refractivity (Wildman–Crippen MR) is 170 cm³/mol. The fraction of sp³-hybridized carbons (Fsp3) is 0.970. The Hall–Kier alpha value is -0.890. The van der Waals surface area contributed by atoms with Crippen LogP contribution in [-0.2, 0) is 47.4 Å². The minimum absolute atomic E-state index is 0.131. The Bertz CT molecular complexity index is 581. The topological polar surface area (TPSA) is 112 Å². The van der Waals surface area contributed by atoms with Crippen LogP contribution < -0.4 is 5.32 Å². The average Bonchev–Trinajstić information content (AvgIpc) is 3.04. The summed E-state index contributed by atoms with van der Waals surface area (Å²) in [6, 6.07) is 0. The van der Waals surface area contributed by atoms with Crippen molar-refractivity contribution in [3.8, 4) is 0 Å². The van der Waals surface area contributed by atoms with Crippen LogP contribution in [0.5, 0.6) is 0 Å². The van der Waals surface area contributed by atoms with Crippen LogP contribution in [0.15, 0.2) is 0 Å². The Morgan fingerprint density at radius 3 is 1.30 bits per heavy atom. The van der Waals surface area contributed by atoms with Gasteiger partial charge in [-0.2, -0.15) is 0 Å². The number of nitrogens with one attached hydrogen (secondary N) is 1. The molecule has 262 valence electrons. The molecule has 44 heavy (non-hydrogen) atoms. The maximum Gasteiger partial charge on any atom is 0.305 e. The van der Waals surface area contributed by atoms with E-state index in [1.807, 2.05) is 0 Å². The minimum atomic E-state index is -0.131. The number of piperidine rings is 1. The zero-order chi connectivity index (χ0) is 31.4. The summed E-state index contributed by atoms with van der Waals surface area (Å²) in [7, 11) is 0. The highest BCUT2D eigenvalue weighted by Gasteiger charge is 2.12. The van der Waals surface area contributed by atoms with E-state index >= 15 is 0 Å². The number of hydrogen-bond acceptors (Lipinski definition) is 11. The van der Waals surface area contributed by atoms with Gasteiger partial charge in [0.05, 0.1) is 105 Å². The van der Waals surface area contributed by atoms with Gasteiger partial charge in [0.25, 0.3) is 0 Å². The van der Waals surface area contributed by atoms with E-state index in [-0.39, 0.29) is 5.97 Å². The van der Waals surface area contributed by atoms with Gasteiger partial charge in [-0.3, -0.25) is 4.79 Å². The van der Waals surface area contributed by atoms with E-state index in [1.54, 1.807) is 0 Å². The molecule has 1 aliphatic rings. The van der Waals surface area contributed by atoms with Crippen LogP contribution in [0.3, 0.4) is 0 Å². The van der Waals surface area contributed by atoms with Crippen LogP contribution >= 0.6 is 0 Å². The first-order valence-corrected chi connectivity index (χ1v) is 17.3. The standard InChI is InChI=1S/C33H65NO10/c1-2-3-4-5-6-7-8-9-10-11-33(35)44-31-29-42-27-25-40-23-21-38-19-17-36-16-18-37-20-22-39-24-26-41-28-30-43-32-12-14-34-15-13-32/h32,34H,2-31H2,1H3. The molecule has 0 aromatic carbocycles. The second-order valence-corrected chi connectivity index (χ2v) is 10.9. The van der Waals surface area contributed by atoms with Crippen molar-refractivity contribution in [2.45, 2.75) is 90.1 Å². The monoisotopic (exact) mass is 635 g/mol. The third kappa shape index (κ3) is 31.1. The highest BCUT2D eigenvalue weighted by Crippen LogP contribution is 2.11. The third-order valence-corrected chi connectivity index (χ3v) is 7.07. The van der Waals surface area contributed by atoms with Crippen molar-refractivity contribution >= 4 is 5.97 Å². The minimum Gasteiger partial charge on any atom is -0.463 e. The van der Waals surface area contributed by atoms with Gasteiger partial charge < -0.3 is 47.9 Å². The van der Waals surface area contributed by atoms with E-state index in [1.165, 1.54) is 44.9 Å². The number of carbonyl (C=O) groups is 1. The van der Waals surface area contributed by atoms with Crippen LogP contribution in [0, 0.1) is 0 Å². The van der Waals surface area contributed by atoms with Crippen molar-refractivity contribution in [3.05, 3.63) is 0 Å². The highest BCUT2D eigenvalue weighted by molar-refractivity contribution is 5.69. The summed E-state index contributed by atoms with van der Waals surface area (Å²) < 4.78 is 49.4. The number of ether oxygens (including phenoxy) is 9. The molecule has 0 bridgehead atoms. The summed E-state index contributed by atoms with van der Waals surface area (Å²) in [6.07, 6.45) is 14.2. The Balaban J connectivity index is 1.64. The summed E-state index contributed by atoms with van der Waals surface area (Å²) in [4.78, 5) is 11.8. The number of unbranched alkanes of at least 4 members (excludes halogenated alkanes) is 8. The maximum atomic E-state index is 11.8. The first-order valence-electron chi connectivity index (χ1n) is 17.3. The van der Waals surface area contributed by atoms with Crippen molar-refractivity contribution in [3.63, 3.8) is 0 Å². The van der Waals surface area contributed by atoms with Crippen LogP contribution in [0.1, 0.15) is 84.0 Å². The summed E-state index contributed by atoms with van der Waals surface area (Å²) in [6.45, 7) is 12.5. The van der Waals surface area contributed by atoms with Gasteiger partial charge in [0.2, 0.25) is 0 Å². The van der Waals surface area contributed by atoms with E-state index in [4.69, 9.17) is 42.6 Å². The Morgan fingerprint density at radius 1 is 0.500 bits per heavy atom. The van der Waals surface area contributed by atoms with Crippen molar-refractivity contribution < 1.29 is 47.4 Å². The Morgan fingerprint density at radius 2 is 0.864 bits per heavy atom. The second kappa shape index (κ2) is 35.0. The molecule has 1 aliphatic heterocycles. The fourth-order valence-corrected chi connectivity index (χ4v) is 4.52. The average molecular weight is 636 g/mol. The number of rotatable bonds is 35.